The molecule has 3 nitrogen and oxygen atoms in total. The minimum absolute atomic E-state index is 0.279. The topological polar surface area (TPSA) is 38.7 Å². The van der Waals surface area contributed by atoms with E-state index in [1.807, 2.05) is 19.1 Å². The van der Waals surface area contributed by atoms with Gasteiger partial charge in [-0.2, -0.15) is 0 Å². The predicted octanol–water partition coefficient (Wildman–Crippen LogP) is 2.33. The first-order valence-electron chi connectivity index (χ1n) is 5.48. The van der Waals surface area contributed by atoms with Gasteiger partial charge < -0.3 is 14.6 Å². The molecular weight excluding hydrogens is 204 g/mol. The summed E-state index contributed by atoms with van der Waals surface area (Å²) < 4.78 is 10.6. The van der Waals surface area contributed by atoms with Crippen LogP contribution < -0.4 is 9.47 Å². The van der Waals surface area contributed by atoms with Gasteiger partial charge in [0.25, 0.3) is 0 Å². The van der Waals surface area contributed by atoms with Crippen LogP contribution in [0.3, 0.4) is 0 Å². The van der Waals surface area contributed by atoms with Gasteiger partial charge in [-0.15, -0.1) is 0 Å². The molecule has 0 aromatic heterocycles. The van der Waals surface area contributed by atoms with E-state index < -0.39 is 0 Å². The second kappa shape index (κ2) is 5.75. The Morgan fingerprint density at radius 1 is 1.19 bits per heavy atom. The van der Waals surface area contributed by atoms with Gasteiger partial charge in [0.15, 0.2) is 0 Å². The predicted molar refractivity (Wildman–Crippen MR) is 64.3 cm³/mol. The summed E-state index contributed by atoms with van der Waals surface area (Å²) in [7, 11) is 3.31. The second-order valence-corrected chi connectivity index (χ2v) is 4.01. The van der Waals surface area contributed by atoms with E-state index in [2.05, 4.69) is 0 Å². The van der Waals surface area contributed by atoms with Crippen molar-refractivity contribution in [3.05, 3.63) is 23.3 Å². The fourth-order valence-electron chi connectivity index (χ4n) is 1.66. The zero-order valence-corrected chi connectivity index (χ0v) is 10.4. The number of hydrogen-bond donors (Lipinski definition) is 1. The normalized spacial score (nSPS) is 12.3. The molecule has 0 saturated carbocycles. The highest BCUT2D eigenvalue weighted by Gasteiger charge is 2.08. The first-order chi connectivity index (χ1) is 7.58. The Kier molecular flexibility index (Phi) is 4.62. The summed E-state index contributed by atoms with van der Waals surface area (Å²) in [5, 5.41) is 9.26. The molecule has 3 heteroatoms. The lowest BCUT2D eigenvalue weighted by Crippen LogP contribution is -2.02. The Balaban J connectivity index is 2.93. The van der Waals surface area contributed by atoms with Crippen LogP contribution >= 0.6 is 0 Å². The summed E-state index contributed by atoms with van der Waals surface area (Å²) in [6.45, 7) is 3.76. The molecular formula is C13H20O3. The molecule has 90 valence electrons. The molecule has 1 atom stereocenters. The van der Waals surface area contributed by atoms with E-state index in [9.17, 15) is 5.11 Å². The summed E-state index contributed by atoms with van der Waals surface area (Å²) >= 11 is 0. The molecule has 0 aliphatic heterocycles. The molecule has 1 rings (SSSR count). The van der Waals surface area contributed by atoms with Gasteiger partial charge in [-0.05, 0) is 44.4 Å². The third-order valence-corrected chi connectivity index (χ3v) is 2.66. The molecule has 0 bridgehead atoms. The van der Waals surface area contributed by atoms with Gasteiger partial charge in [0.2, 0.25) is 0 Å². The number of hydrogen-bond acceptors (Lipinski definition) is 3. The largest absolute Gasteiger partial charge is 0.496 e. The molecule has 0 saturated heterocycles. The summed E-state index contributed by atoms with van der Waals surface area (Å²) in [5.41, 5.74) is 2.13. The second-order valence-electron chi connectivity index (χ2n) is 4.01. The molecule has 0 amide bonds. The molecule has 0 aliphatic carbocycles. The van der Waals surface area contributed by atoms with E-state index in [0.29, 0.717) is 0 Å². The van der Waals surface area contributed by atoms with Crippen molar-refractivity contribution in [1.82, 2.24) is 0 Å². The van der Waals surface area contributed by atoms with Crippen LogP contribution in [0, 0.1) is 6.92 Å². The van der Waals surface area contributed by atoms with Crippen LogP contribution in [0.15, 0.2) is 12.1 Å². The monoisotopic (exact) mass is 224 g/mol. The number of aliphatic hydroxyl groups excluding tert-OH is 1. The van der Waals surface area contributed by atoms with Crippen molar-refractivity contribution in [2.75, 3.05) is 14.2 Å². The van der Waals surface area contributed by atoms with E-state index in [4.69, 9.17) is 9.47 Å². The molecule has 0 heterocycles. The van der Waals surface area contributed by atoms with Crippen molar-refractivity contribution in [2.45, 2.75) is 32.8 Å². The minimum Gasteiger partial charge on any atom is -0.496 e. The van der Waals surface area contributed by atoms with Gasteiger partial charge in [0.1, 0.15) is 11.5 Å². The Morgan fingerprint density at radius 3 is 2.06 bits per heavy atom. The lowest BCUT2D eigenvalue weighted by molar-refractivity contribution is 0.185. The van der Waals surface area contributed by atoms with Gasteiger partial charge in [-0.25, -0.2) is 0 Å². The first kappa shape index (κ1) is 12.8. The van der Waals surface area contributed by atoms with Crippen LogP contribution in [0.25, 0.3) is 0 Å². The molecule has 1 aromatic rings. The number of rotatable bonds is 5. The van der Waals surface area contributed by atoms with Crippen molar-refractivity contribution >= 4 is 0 Å². The highest BCUT2D eigenvalue weighted by atomic mass is 16.5. The zero-order chi connectivity index (χ0) is 12.1. The zero-order valence-electron chi connectivity index (χ0n) is 10.4. The average molecular weight is 224 g/mol. The molecule has 0 aliphatic rings. The molecule has 0 fully saturated rings. The summed E-state index contributed by atoms with van der Waals surface area (Å²) in [6, 6.07) is 4.00. The number of aryl methyl sites for hydroxylation is 1. The molecule has 1 N–H and O–H groups in total. The van der Waals surface area contributed by atoms with Crippen LogP contribution in [-0.2, 0) is 6.42 Å². The average Bonchev–Trinajstić information content (AvgIpc) is 2.27. The van der Waals surface area contributed by atoms with Crippen LogP contribution in [0.5, 0.6) is 11.5 Å². The molecule has 16 heavy (non-hydrogen) atoms. The van der Waals surface area contributed by atoms with Crippen LogP contribution in [-0.4, -0.2) is 25.4 Å². The van der Waals surface area contributed by atoms with E-state index in [1.54, 1.807) is 21.1 Å². The number of aliphatic hydroxyl groups is 1. The lowest BCUT2D eigenvalue weighted by Gasteiger charge is -2.13. The maximum atomic E-state index is 9.26. The van der Waals surface area contributed by atoms with Crippen molar-refractivity contribution < 1.29 is 14.6 Å². The Labute approximate surface area is 97.0 Å². The molecule has 1 aromatic carbocycles. The molecule has 0 radical (unpaired) electrons. The fraction of sp³-hybridized carbons (Fsp3) is 0.538. The van der Waals surface area contributed by atoms with E-state index >= 15 is 0 Å². The molecule has 1 unspecified atom stereocenters. The van der Waals surface area contributed by atoms with Gasteiger partial charge in [0.05, 0.1) is 20.3 Å². The summed E-state index contributed by atoms with van der Waals surface area (Å²) in [5.74, 6) is 1.67. The lowest BCUT2D eigenvalue weighted by atomic mass is 10.0. The van der Waals surface area contributed by atoms with Gasteiger partial charge >= 0.3 is 0 Å². The fourth-order valence-corrected chi connectivity index (χ4v) is 1.66. The van der Waals surface area contributed by atoms with Crippen LogP contribution in [0.1, 0.15) is 24.5 Å². The Bertz CT molecular complexity index is 320. The van der Waals surface area contributed by atoms with Crippen LogP contribution in [0.4, 0.5) is 0 Å². The minimum atomic E-state index is -0.279. The highest BCUT2D eigenvalue weighted by Crippen LogP contribution is 2.29. The summed E-state index contributed by atoms with van der Waals surface area (Å²) in [4.78, 5) is 0. The highest BCUT2D eigenvalue weighted by molar-refractivity contribution is 5.47. The number of ether oxygens (including phenoxy) is 2. The number of methoxy groups -OCH3 is 2. The molecule has 0 spiro atoms. The van der Waals surface area contributed by atoms with E-state index in [1.165, 1.54) is 0 Å². The van der Waals surface area contributed by atoms with Gasteiger partial charge in [-0.1, -0.05) is 0 Å². The quantitative estimate of drug-likeness (QED) is 0.834. The van der Waals surface area contributed by atoms with Gasteiger partial charge in [-0.3, -0.25) is 0 Å². The third kappa shape index (κ3) is 3.14. The smallest absolute Gasteiger partial charge is 0.125 e. The Morgan fingerprint density at radius 2 is 1.69 bits per heavy atom. The third-order valence-electron chi connectivity index (χ3n) is 2.66. The van der Waals surface area contributed by atoms with Crippen molar-refractivity contribution in [3.8, 4) is 11.5 Å². The SMILES string of the molecule is COc1cc(CCC(C)O)cc(OC)c1C. The van der Waals surface area contributed by atoms with Crippen molar-refractivity contribution in [2.24, 2.45) is 0 Å². The van der Waals surface area contributed by atoms with E-state index in [-0.39, 0.29) is 6.10 Å². The van der Waals surface area contributed by atoms with Crippen LogP contribution in [0.2, 0.25) is 0 Å². The Hall–Kier alpha value is -1.22. The number of benzene rings is 1. The van der Waals surface area contributed by atoms with E-state index in [0.717, 1.165) is 35.5 Å². The maximum absolute atomic E-state index is 9.26. The first-order valence-corrected chi connectivity index (χ1v) is 5.48. The van der Waals surface area contributed by atoms with Crippen molar-refractivity contribution in [3.63, 3.8) is 0 Å². The van der Waals surface area contributed by atoms with Gasteiger partial charge in [0, 0.05) is 5.56 Å². The standard InChI is InChI=1S/C13H20O3/c1-9(14)5-6-11-7-12(15-3)10(2)13(8-11)16-4/h7-9,14H,5-6H2,1-4H3. The maximum Gasteiger partial charge on any atom is 0.125 e. The van der Waals surface area contributed by atoms with Crippen molar-refractivity contribution in [1.29, 1.82) is 0 Å². The summed E-state index contributed by atoms with van der Waals surface area (Å²) in [6.07, 6.45) is 1.29.